The van der Waals surface area contributed by atoms with Crippen molar-refractivity contribution in [1.82, 2.24) is 15.1 Å². The van der Waals surface area contributed by atoms with Gasteiger partial charge in [0.15, 0.2) is 0 Å². The van der Waals surface area contributed by atoms with Crippen LogP contribution in [0.4, 0.5) is 0 Å². The maximum Gasteiger partial charge on any atom is 0.0640 e. The normalized spacial score (nSPS) is 25.8. The van der Waals surface area contributed by atoms with E-state index in [9.17, 15) is 0 Å². The average Bonchev–Trinajstić information content (AvgIpc) is 3.06. The van der Waals surface area contributed by atoms with Crippen LogP contribution in [0.25, 0.3) is 0 Å². The van der Waals surface area contributed by atoms with Gasteiger partial charge in [-0.2, -0.15) is 5.10 Å². The van der Waals surface area contributed by atoms with E-state index in [1.54, 1.807) is 0 Å². The predicted octanol–water partition coefficient (Wildman–Crippen LogP) is 3.81. The van der Waals surface area contributed by atoms with Gasteiger partial charge in [-0.05, 0) is 50.6 Å². The number of likely N-dealkylation sites (N-methyl/N-ethyl adjacent to an activating group) is 1. The quantitative estimate of drug-likeness (QED) is 0.821. The van der Waals surface area contributed by atoms with E-state index in [0.29, 0.717) is 12.1 Å². The van der Waals surface area contributed by atoms with Gasteiger partial charge in [-0.3, -0.25) is 4.68 Å². The van der Waals surface area contributed by atoms with E-state index in [1.165, 1.54) is 25.0 Å². The summed E-state index contributed by atoms with van der Waals surface area (Å²) in [5.74, 6) is 1.73. The molecule has 1 saturated carbocycles. The highest BCUT2D eigenvalue weighted by Crippen LogP contribution is 2.33. The molecule has 0 aromatic carbocycles. The lowest BCUT2D eigenvalue weighted by Gasteiger charge is -2.24. The molecule has 1 aromatic heterocycles. The van der Waals surface area contributed by atoms with E-state index < -0.39 is 0 Å². The summed E-state index contributed by atoms with van der Waals surface area (Å²) in [6.45, 7) is 10.1. The Labute approximate surface area is 124 Å². The van der Waals surface area contributed by atoms with Crippen LogP contribution in [0, 0.1) is 11.8 Å². The van der Waals surface area contributed by atoms with Crippen molar-refractivity contribution in [3.63, 3.8) is 0 Å². The van der Waals surface area contributed by atoms with Gasteiger partial charge in [-0.1, -0.05) is 27.2 Å². The minimum Gasteiger partial charge on any atom is -0.314 e. The summed E-state index contributed by atoms with van der Waals surface area (Å²) in [6.07, 6.45) is 8.51. The molecular formula is C17H31N3. The zero-order valence-electron chi connectivity index (χ0n) is 13.6. The molecule has 4 atom stereocenters. The van der Waals surface area contributed by atoms with Gasteiger partial charge in [-0.25, -0.2) is 0 Å². The summed E-state index contributed by atoms with van der Waals surface area (Å²) >= 11 is 0. The zero-order valence-corrected chi connectivity index (χ0v) is 13.6. The maximum atomic E-state index is 4.77. The number of rotatable bonds is 7. The molecule has 3 nitrogen and oxygen atoms in total. The molecule has 1 aliphatic rings. The lowest BCUT2D eigenvalue weighted by atomic mass is 9.93. The van der Waals surface area contributed by atoms with Crippen LogP contribution in [0.15, 0.2) is 12.3 Å². The van der Waals surface area contributed by atoms with Crippen molar-refractivity contribution in [2.45, 2.75) is 71.9 Å². The number of hydrogen-bond donors (Lipinski definition) is 1. The third kappa shape index (κ3) is 3.85. The maximum absolute atomic E-state index is 4.77. The molecule has 0 bridgehead atoms. The summed E-state index contributed by atoms with van der Waals surface area (Å²) in [4.78, 5) is 0. The van der Waals surface area contributed by atoms with Crippen molar-refractivity contribution >= 4 is 0 Å². The van der Waals surface area contributed by atoms with E-state index in [1.807, 2.05) is 0 Å². The highest BCUT2D eigenvalue weighted by atomic mass is 15.3. The third-order valence-electron chi connectivity index (χ3n) is 4.91. The lowest BCUT2D eigenvalue weighted by Crippen LogP contribution is -2.37. The molecule has 0 amide bonds. The summed E-state index contributed by atoms with van der Waals surface area (Å²) in [5.41, 5.74) is 1.25. The second kappa shape index (κ2) is 7.26. The van der Waals surface area contributed by atoms with Gasteiger partial charge in [-0.15, -0.1) is 0 Å². The number of hydrogen-bond acceptors (Lipinski definition) is 2. The van der Waals surface area contributed by atoms with Gasteiger partial charge in [0.1, 0.15) is 0 Å². The van der Waals surface area contributed by atoms with Crippen molar-refractivity contribution in [3.8, 4) is 0 Å². The Morgan fingerprint density at radius 2 is 2.20 bits per heavy atom. The Balaban J connectivity index is 1.98. The summed E-state index contributed by atoms with van der Waals surface area (Å²) in [6, 6.07) is 3.31. The summed E-state index contributed by atoms with van der Waals surface area (Å²) in [5, 5.41) is 8.47. The smallest absolute Gasteiger partial charge is 0.0640 e. The van der Waals surface area contributed by atoms with Crippen molar-refractivity contribution in [2.24, 2.45) is 11.8 Å². The monoisotopic (exact) mass is 277 g/mol. The molecule has 1 heterocycles. The number of nitrogens with zero attached hydrogens (tertiary/aromatic N) is 2. The average molecular weight is 277 g/mol. The van der Waals surface area contributed by atoms with E-state index in [0.717, 1.165) is 31.2 Å². The topological polar surface area (TPSA) is 29.9 Å². The fraction of sp³-hybridized carbons (Fsp3) is 0.824. The van der Waals surface area contributed by atoms with Gasteiger partial charge >= 0.3 is 0 Å². The first kappa shape index (κ1) is 15.6. The van der Waals surface area contributed by atoms with Gasteiger partial charge in [0.05, 0.1) is 5.69 Å². The molecule has 0 aliphatic heterocycles. The molecule has 1 aliphatic carbocycles. The molecular weight excluding hydrogens is 246 g/mol. The Hall–Kier alpha value is -0.830. The van der Waals surface area contributed by atoms with Crippen LogP contribution < -0.4 is 5.32 Å². The van der Waals surface area contributed by atoms with Gasteiger partial charge in [0, 0.05) is 24.7 Å². The standard InChI is InChI=1S/C17H31N3/c1-5-14(4)20-10-9-16(19-20)12-17(18-6-2)15-8-7-13(3)11-15/h9-10,13-15,17-18H,5-8,11-12H2,1-4H3. The molecule has 3 heteroatoms. The molecule has 1 N–H and O–H groups in total. The van der Waals surface area contributed by atoms with Gasteiger partial charge in [0.25, 0.3) is 0 Å². The fourth-order valence-electron chi connectivity index (χ4n) is 3.43. The molecule has 0 radical (unpaired) electrons. The van der Waals surface area contributed by atoms with Crippen LogP contribution in [-0.4, -0.2) is 22.4 Å². The van der Waals surface area contributed by atoms with Crippen LogP contribution in [0.3, 0.4) is 0 Å². The number of aromatic nitrogens is 2. The van der Waals surface area contributed by atoms with Gasteiger partial charge in [0.2, 0.25) is 0 Å². The molecule has 1 aromatic rings. The van der Waals surface area contributed by atoms with Gasteiger partial charge < -0.3 is 5.32 Å². The van der Waals surface area contributed by atoms with Crippen LogP contribution in [-0.2, 0) is 6.42 Å². The molecule has 20 heavy (non-hydrogen) atoms. The van der Waals surface area contributed by atoms with Crippen LogP contribution >= 0.6 is 0 Å². The molecule has 114 valence electrons. The third-order valence-corrected chi connectivity index (χ3v) is 4.91. The van der Waals surface area contributed by atoms with E-state index in [2.05, 4.69) is 50.0 Å². The minimum absolute atomic E-state index is 0.507. The first-order valence-electron chi connectivity index (χ1n) is 8.41. The number of nitrogens with one attached hydrogen (secondary N) is 1. The first-order chi connectivity index (χ1) is 9.63. The zero-order chi connectivity index (χ0) is 14.5. The second-order valence-electron chi connectivity index (χ2n) is 6.59. The second-order valence-corrected chi connectivity index (χ2v) is 6.59. The Bertz CT molecular complexity index is 399. The van der Waals surface area contributed by atoms with Crippen molar-refractivity contribution in [2.75, 3.05) is 6.54 Å². The molecule has 0 saturated heterocycles. The van der Waals surface area contributed by atoms with E-state index >= 15 is 0 Å². The molecule has 0 spiro atoms. The Morgan fingerprint density at radius 3 is 2.80 bits per heavy atom. The highest BCUT2D eigenvalue weighted by molar-refractivity contribution is 5.03. The molecule has 1 fully saturated rings. The first-order valence-corrected chi connectivity index (χ1v) is 8.41. The molecule has 2 rings (SSSR count). The van der Waals surface area contributed by atoms with E-state index in [4.69, 9.17) is 5.10 Å². The van der Waals surface area contributed by atoms with Crippen LogP contribution in [0.2, 0.25) is 0 Å². The van der Waals surface area contributed by atoms with E-state index in [-0.39, 0.29) is 0 Å². The summed E-state index contributed by atoms with van der Waals surface area (Å²) < 4.78 is 2.12. The SMILES string of the molecule is CCNC(Cc1ccn(C(C)CC)n1)C1CCC(C)C1. The lowest BCUT2D eigenvalue weighted by molar-refractivity contribution is 0.349. The van der Waals surface area contributed by atoms with Crippen molar-refractivity contribution < 1.29 is 0 Å². The van der Waals surface area contributed by atoms with Crippen molar-refractivity contribution in [1.29, 1.82) is 0 Å². The van der Waals surface area contributed by atoms with Crippen molar-refractivity contribution in [3.05, 3.63) is 18.0 Å². The van der Waals surface area contributed by atoms with Crippen LogP contribution in [0.1, 0.15) is 65.1 Å². The predicted molar refractivity (Wildman–Crippen MR) is 84.9 cm³/mol. The Morgan fingerprint density at radius 1 is 1.40 bits per heavy atom. The summed E-state index contributed by atoms with van der Waals surface area (Å²) in [7, 11) is 0. The highest BCUT2D eigenvalue weighted by Gasteiger charge is 2.28. The fourth-order valence-corrected chi connectivity index (χ4v) is 3.43. The Kier molecular flexibility index (Phi) is 5.64. The minimum atomic E-state index is 0.507. The largest absolute Gasteiger partial charge is 0.314 e. The van der Waals surface area contributed by atoms with Crippen LogP contribution in [0.5, 0.6) is 0 Å². The molecule has 4 unspecified atom stereocenters.